The maximum absolute atomic E-state index is 8.82. The zero-order valence-corrected chi connectivity index (χ0v) is 8.72. The monoisotopic (exact) mass is 209 g/mol. The van der Waals surface area contributed by atoms with Gasteiger partial charge in [-0.2, -0.15) is 0 Å². The zero-order valence-electron chi connectivity index (χ0n) is 8.72. The lowest BCUT2D eigenvalue weighted by Crippen LogP contribution is -2.24. The molecule has 82 valence electrons. The summed E-state index contributed by atoms with van der Waals surface area (Å²) in [5.41, 5.74) is 0.908. The molecule has 2 rings (SSSR count). The first-order valence-electron chi connectivity index (χ1n) is 5.08. The Morgan fingerprint density at radius 1 is 1.67 bits per heavy atom. The highest BCUT2D eigenvalue weighted by atomic mass is 16.7. The summed E-state index contributed by atoms with van der Waals surface area (Å²) >= 11 is 0. The van der Waals surface area contributed by atoms with Crippen molar-refractivity contribution < 1.29 is 14.6 Å². The number of nitrogens with zero attached hydrogens (tertiary/aromatic N) is 1. The van der Waals surface area contributed by atoms with Gasteiger partial charge in [-0.15, -0.1) is 0 Å². The van der Waals surface area contributed by atoms with Crippen LogP contribution in [0.25, 0.3) is 0 Å². The van der Waals surface area contributed by atoms with E-state index in [0.29, 0.717) is 13.0 Å². The predicted molar refractivity (Wildman–Crippen MR) is 54.1 cm³/mol. The van der Waals surface area contributed by atoms with Gasteiger partial charge < -0.3 is 14.6 Å². The number of aliphatic hydroxyl groups excluding tert-OH is 1. The molecule has 4 nitrogen and oxygen atoms in total. The number of pyridine rings is 1. The maximum Gasteiger partial charge on any atom is 0.193 e. The number of aromatic nitrogens is 1. The lowest BCUT2D eigenvalue weighted by Gasteiger charge is -2.23. The topological polar surface area (TPSA) is 51.6 Å². The summed E-state index contributed by atoms with van der Waals surface area (Å²) in [5.74, 6) is -0.714. The third kappa shape index (κ3) is 2.17. The summed E-state index contributed by atoms with van der Waals surface area (Å²) < 4.78 is 11.4. The van der Waals surface area contributed by atoms with E-state index in [1.165, 1.54) is 0 Å². The highest BCUT2D eigenvalue weighted by Gasteiger charge is 2.38. The molecule has 1 fully saturated rings. The van der Waals surface area contributed by atoms with Crippen molar-refractivity contribution >= 4 is 0 Å². The van der Waals surface area contributed by atoms with Crippen molar-refractivity contribution in [3.05, 3.63) is 30.1 Å². The minimum Gasteiger partial charge on any atom is -0.396 e. The standard InChI is InChI=1S/C11H15NO3/c1-11(9-3-2-5-12-7-9)14-8-10(15-11)4-6-13/h2-3,5,7,10,13H,4,6,8H2,1H3. The first-order chi connectivity index (χ1) is 7.24. The summed E-state index contributed by atoms with van der Waals surface area (Å²) in [6.07, 6.45) is 4.03. The quantitative estimate of drug-likeness (QED) is 0.808. The van der Waals surface area contributed by atoms with E-state index in [0.717, 1.165) is 5.56 Å². The second-order valence-corrected chi connectivity index (χ2v) is 3.75. The van der Waals surface area contributed by atoms with E-state index in [4.69, 9.17) is 14.6 Å². The number of hydrogen-bond donors (Lipinski definition) is 1. The van der Waals surface area contributed by atoms with Crippen LogP contribution >= 0.6 is 0 Å². The molecule has 4 heteroatoms. The lowest BCUT2D eigenvalue weighted by atomic mass is 10.1. The van der Waals surface area contributed by atoms with Crippen LogP contribution in [0.3, 0.4) is 0 Å². The summed E-state index contributed by atoms with van der Waals surface area (Å²) in [5, 5.41) is 8.82. The summed E-state index contributed by atoms with van der Waals surface area (Å²) in [6, 6.07) is 3.78. The fraction of sp³-hybridized carbons (Fsp3) is 0.545. The van der Waals surface area contributed by atoms with Crippen molar-refractivity contribution in [3.63, 3.8) is 0 Å². The normalized spacial score (nSPS) is 30.7. The number of ether oxygens (including phenoxy) is 2. The molecule has 1 aromatic heterocycles. The van der Waals surface area contributed by atoms with Gasteiger partial charge in [0.05, 0.1) is 12.7 Å². The van der Waals surface area contributed by atoms with Gasteiger partial charge >= 0.3 is 0 Å². The van der Waals surface area contributed by atoms with E-state index < -0.39 is 5.79 Å². The van der Waals surface area contributed by atoms with Gasteiger partial charge in [0.25, 0.3) is 0 Å². The average molecular weight is 209 g/mol. The molecule has 0 aromatic carbocycles. The summed E-state index contributed by atoms with van der Waals surface area (Å²) in [6.45, 7) is 2.52. The van der Waals surface area contributed by atoms with Crippen molar-refractivity contribution in [2.45, 2.75) is 25.2 Å². The second kappa shape index (κ2) is 4.26. The highest BCUT2D eigenvalue weighted by molar-refractivity contribution is 5.15. The van der Waals surface area contributed by atoms with Crippen LogP contribution in [0.1, 0.15) is 18.9 Å². The third-order valence-electron chi connectivity index (χ3n) is 2.57. The summed E-state index contributed by atoms with van der Waals surface area (Å²) in [7, 11) is 0. The van der Waals surface area contributed by atoms with E-state index >= 15 is 0 Å². The fourth-order valence-corrected chi connectivity index (χ4v) is 1.71. The molecule has 15 heavy (non-hydrogen) atoms. The molecule has 1 aliphatic heterocycles. The molecule has 1 saturated heterocycles. The fourth-order valence-electron chi connectivity index (χ4n) is 1.71. The van der Waals surface area contributed by atoms with Crippen LogP contribution in [0.2, 0.25) is 0 Å². The molecular weight excluding hydrogens is 194 g/mol. The van der Waals surface area contributed by atoms with Gasteiger partial charge in [-0.1, -0.05) is 6.07 Å². The minimum absolute atomic E-state index is 0.0276. The Hall–Kier alpha value is -0.970. The van der Waals surface area contributed by atoms with Crippen LogP contribution in [0.5, 0.6) is 0 Å². The van der Waals surface area contributed by atoms with E-state index in [1.54, 1.807) is 12.4 Å². The third-order valence-corrected chi connectivity index (χ3v) is 2.57. The zero-order chi connectivity index (χ0) is 10.7. The largest absolute Gasteiger partial charge is 0.396 e. The molecule has 0 spiro atoms. The molecular formula is C11H15NO3. The van der Waals surface area contributed by atoms with Crippen LogP contribution in [0.4, 0.5) is 0 Å². The minimum atomic E-state index is -0.714. The first kappa shape index (κ1) is 10.5. The Bertz CT molecular complexity index is 317. The van der Waals surface area contributed by atoms with Crippen molar-refractivity contribution in [3.8, 4) is 0 Å². The molecule has 0 bridgehead atoms. The van der Waals surface area contributed by atoms with Crippen LogP contribution in [-0.2, 0) is 15.3 Å². The lowest BCUT2D eigenvalue weighted by molar-refractivity contribution is -0.163. The van der Waals surface area contributed by atoms with E-state index in [2.05, 4.69) is 4.98 Å². The number of aliphatic hydroxyl groups is 1. The van der Waals surface area contributed by atoms with Gasteiger partial charge in [-0.3, -0.25) is 4.98 Å². The van der Waals surface area contributed by atoms with Gasteiger partial charge in [0.2, 0.25) is 0 Å². The van der Waals surface area contributed by atoms with Crippen LogP contribution in [0, 0.1) is 0 Å². The van der Waals surface area contributed by atoms with Crippen LogP contribution in [-0.4, -0.2) is 29.4 Å². The second-order valence-electron chi connectivity index (χ2n) is 3.75. The van der Waals surface area contributed by atoms with Gasteiger partial charge in [0, 0.05) is 24.6 Å². The number of hydrogen-bond acceptors (Lipinski definition) is 4. The van der Waals surface area contributed by atoms with E-state index in [1.807, 2.05) is 19.1 Å². The predicted octanol–water partition coefficient (Wildman–Crippen LogP) is 1.05. The van der Waals surface area contributed by atoms with E-state index in [9.17, 15) is 0 Å². The molecule has 2 heterocycles. The van der Waals surface area contributed by atoms with Crippen molar-refractivity contribution in [1.82, 2.24) is 4.98 Å². The molecule has 1 aliphatic rings. The van der Waals surface area contributed by atoms with Crippen LogP contribution in [0.15, 0.2) is 24.5 Å². The summed E-state index contributed by atoms with van der Waals surface area (Å²) in [4.78, 5) is 4.04. The molecule has 1 aromatic rings. The Balaban J connectivity index is 2.10. The van der Waals surface area contributed by atoms with E-state index in [-0.39, 0.29) is 12.7 Å². The average Bonchev–Trinajstić information content (AvgIpc) is 2.64. The van der Waals surface area contributed by atoms with Gasteiger partial charge in [-0.05, 0) is 19.4 Å². The molecule has 2 unspecified atom stereocenters. The number of rotatable bonds is 3. The smallest absolute Gasteiger partial charge is 0.193 e. The first-order valence-corrected chi connectivity index (χ1v) is 5.08. The van der Waals surface area contributed by atoms with Crippen molar-refractivity contribution in [2.24, 2.45) is 0 Å². The molecule has 0 aliphatic carbocycles. The SMILES string of the molecule is CC1(c2cccnc2)OCC(CCO)O1. The molecule has 0 amide bonds. The van der Waals surface area contributed by atoms with Gasteiger partial charge in [0.1, 0.15) is 0 Å². The molecule has 2 atom stereocenters. The van der Waals surface area contributed by atoms with Crippen molar-refractivity contribution in [2.75, 3.05) is 13.2 Å². The highest BCUT2D eigenvalue weighted by Crippen LogP contribution is 2.33. The Morgan fingerprint density at radius 3 is 3.20 bits per heavy atom. The Labute approximate surface area is 88.9 Å². The molecule has 1 N–H and O–H groups in total. The van der Waals surface area contributed by atoms with Crippen molar-refractivity contribution in [1.29, 1.82) is 0 Å². The Morgan fingerprint density at radius 2 is 2.53 bits per heavy atom. The molecule has 0 radical (unpaired) electrons. The Kier molecular flexibility index (Phi) is 3.00. The van der Waals surface area contributed by atoms with Gasteiger partial charge in [-0.25, -0.2) is 0 Å². The van der Waals surface area contributed by atoms with Crippen LogP contribution < -0.4 is 0 Å². The molecule has 0 saturated carbocycles. The van der Waals surface area contributed by atoms with Gasteiger partial charge in [0.15, 0.2) is 5.79 Å². The maximum atomic E-state index is 8.82.